The molecule has 0 bridgehead atoms. The number of hydrogen-bond donors (Lipinski definition) is 1. The van der Waals surface area contributed by atoms with Gasteiger partial charge in [0.1, 0.15) is 5.70 Å². The summed E-state index contributed by atoms with van der Waals surface area (Å²) >= 11 is 6.01. The summed E-state index contributed by atoms with van der Waals surface area (Å²) in [7, 11) is 0. The molecule has 1 aliphatic heterocycles. The highest BCUT2D eigenvalue weighted by Gasteiger charge is 2.38. The Balaban J connectivity index is 1.88. The molecule has 0 aromatic heterocycles. The first kappa shape index (κ1) is 22.1. The number of nitrogens with zero attached hydrogens (tertiary/aromatic N) is 1. The molecule has 0 saturated heterocycles. The van der Waals surface area contributed by atoms with Crippen LogP contribution in [-0.2, 0) is 20.7 Å². The SMILES string of the molecule is CCc1ccc(NC2=C(c3ccc(Cl)cc3)C(=O)N(CCCOC(C)C)C2=O)cc1. The molecule has 1 heterocycles. The van der Waals surface area contributed by atoms with E-state index in [4.69, 9.17) is 16.3 Å². The molecule has 0 atom stereocenters. The quantitative estimate of drug-likeness (QED) is 0.457. The van der Waals surface area contributed by atoms with Gasteiger partial charge >= 0.3 is 0 Å². The molecule has 5 nitrogen and oxygen atoms in total. The van der Waals surface area contributed by atoms with Gasteiger partial charge in [-0.05, 0) is 62.1 Å². The zero-order valence-electron chi connectivity index (χ0n) is 17.6. The van der Waals surface area contributed by atoms with Gasteiger partial charge in [0.05, 0.1) is 11.7 Å². The van der Waals surface area contributed by atoms with Crippen molar-refractivity contribution in [1.82, 2.24) is 4.90 Å². The molecule has 2 amide bonds. The first-order chi connectivity index (χ1) is 14.4. The topological polar surface area (TPSA) is 58.6 Å². The molecule has 0 spiro atoms. The average molecular weight is 427 g/mol. The van der Waals surface area contributed by atoms with E-state index in [1.54, 1.807) is 24.3 Å². The summed E-state index contributed by atoms with van der Waals surface area (Å²) < 4.78 is 5.55. The van der Waals surface area contributed by atoms with Gasteiger partial charge in [0.15, 0.2) is 0 Å². The van der Waals surface area contributed by atoms with Crippen molar-refractivity contribution >= 4 is 34.7 Å². The van der Waals surface area contributed by atoms with Crippen LogP contribution in [0.15, 0.2) is 54.2 Å². The number of carbonyl (C=O) groups excluding carboxylic acids is 2. The smallest absolute Gasteiger partial charge is 0.278 e. The number of ether oxygens (including phenoxy) is 1. The van der Waals surface area contributed by atoms with E-state index in [2.05, 4.69) is 12.2 Å². The molecule has 0 radical (unpaired) electrons. The van der Waals surface area contributed by atoms with Crippen molar-refractivity contribution in [3.8, 4) is 0 Å². The summed E-state index contributed by atoms with van der Waals surface area (Å²) in [6.07, 6.45) is 1.63. The summed E-state index contributed by atoms with van der Waals surface area (Å²) in [5.74, 6) is -0.631. The van der Waals surface area contributed by atoms with E-state index in [0.29, 0.717) is 35.7 Å². The van der Waals surface area contributed by atoms with E-state index in [1.807, 2.05) is 38.1 Å². The highest BCUT2D eigenvalue weighted by atomic mass is 35.5. The summed E-state index contributed by atoms with van der Waals surface area (Å²) in [4.78, 5) is 27.6. The maximum absolute atomic E-state index is 13.2. The Labute approximate surface area is 182 Å². The molecule has 0 aliphatic carbocycles. The second-order valence-electron chi connectivity index (χ2n) is 7.47. The predicted molar refractivity (Wildman–Crippen MR) is 120 cm³/mol. The van der Waals surface area contributed by atoms with Crippen LogP contribution >= 0.6 is 11.6 Å². The molecule has 158 valence electrons. The van der Waals surface area contributed by atoms with Gasteiger partial charge in [-0.1, -0.05) is 42.8 Å². The maximum atomic E-state index is 13.2. The summed E-state index contributed by atoms with van der Waals surface area (Å²) in [6, 6.07) is 14.8. The van der Waals surface area contributed by atoms with Crippen molar-refractivity contribution in [1.29, 1.82) is 0 Å². The number of halogens is 1. The summed E-state index contributed by atoms with van der Waals surface area (Å²) in [5.41, 5.74) is 3.27. The first-order valence-corrected chi connectivity index (χ1v) is 10.6. The lowest BCUT2D eigenvalue weighted by Crippen LogP contribution is -2.34. The van der Waals surface area contributed by atoms with Crippen LogP contribution in [0.4, 0.5) is 5.69 Å². The van der Waals surface area contributed by atoms with Crippen LogP contribution in [0, 0.1) is 0 Å². The Kier molecular flexibility index (Phi) is 7.29. The number of nitrogens with one attached hydrogen (secondary N) is 1. The summed E-state index contributed by atoms with van der Waals surface area (Å²) in [5, 5.41) is 3.75. The molecule has 0 saturated carbocycles. The van der Waals surface area contributed by atoms with E-state index in [-0.39, 0.29) is 23.6 Å². The molecule has 0 fully saturated rings. The van der Waals surface area contributed by atoms with E-state index in [1.165, 1.54) is 10.5 Å². The van der Waals surface area contributed by atoms with E-state index >= 15 is 0 Å². The van der Waals surface area contributed by atoms with Crippen LogP contribution in [0.1, 0.15) is 38.3 Å². The lowest BCUT2D eigenvalue weighted by atomic mass is 10.0. The summed E-state index contributed by atoms with van der Waals surface area (Å²) in [6.45, 7) is 6.80. The molecule has 1 aliphatic rings. The minimum atomic E-state index is -0.325. The van der Waals surface area contributed by atoms with Crippen molar-refractivity contribution in [2.45, 2.75) is 39.7 Å². The number of aryl methyl sites for hydroxylation is 1. The Hall–Kier alpha value is -2.63. The van der Waals surface area contributed by atoms with Crippen LogP contribution in [0.25, 0.3) is 5.57 Å². The lowest BCUT2D eigenvalue weighted by Gasteiger charge is -2.16. The predicted octanol–water partition coefficient (Wildman–Crippen LogP) is 4.91. The lowest BCUT2D eigenvalue weighted by molar-refractivity contribution is -0.137. The highest BCUT2D eigenvalue weighted by Crippen LogP contribution is 2.31. The van der Waals surface area contributed by atoms with Crippen molar-refractivity contribution in [3.63, 3.8) is 0 Å². The number of benzene rings is 2. The van der Waals surface area contributed by atoms with Gasteiger partial charge in [0.25, 0.3) is 11.8 Å². The van der Waals surface area contributed by atoms with Gasteiger partial charge in [-0.25, -0.2) is 0 Å². The normalized spacial score (nSPS) is 14.2. The first-order valence-electron chi connectivity index (χ1n) is 10.2. The molecule has 30 heavy (non-hydrogen) atoms. The Morgan fingerprint density at radius 2 is 1.67 bits per heavy atom. The van der Waals surface area contributed by atoms with Gasteiger partial charge in [0.2, 0.25) is 0 Å². The fourth-order valence-corrected chi connectivity index (χ4v) is 3.42. The molecule has 6 heteroatoms. The third-order valence-electron chi connectivity index (χ3n) is 4.91. The fourth-order valence-electron chi connectivity index (χ4n) is 3.29. The van der Waals surface area contributed by atoms with E-state index in [9.17, 15) is 9.59 Å². The largest absolute Gasteiger partial charge is 0.379 e. The van der Waals surface area contributed by atoms with Crippen molar-refractivity contribution in [2.75, 3.05) is 18.5 Å². The van der Waals surface area contributed by atoms with Gasteiger partial charge in [0, 0.05) is 23.9 Å². The Morgan fingerprint density at radius 3 is 2.27 bits per heavy atom. The Morgan fingerprint density at radius 1 is 1.00 bits per heavy atom. The fraction of sp³-hybridized carbons (Fsp3) is 0.333. The highest BCUT2D eigenvalue weighted by molar-refractivity contribution is 6.36. The number of hydrogen-bond acceptors (Lipinski definition) is 4. The van der Waals surface area contributed by atoms with Gasteiger partial charge < -0.3 is 10.1 Å². The molecule has 3 rings (SSSR count). The Bertz CT molecular complexity index is 934. The number of rotatable bonds is 9. The van der Waals surface area contributed by atoms with Gasteiger partial charge in [-0.2, -0.15) is 0 Å². The minimum absolute atomic E-state index is 0.112. The van der Waals surface area contributed by atoms with Crippen LogP contribution in [0.2, 0.25) is 5.02 Å². The van der Waals surface area contributed by atoms with Crippen molar-refractivity contribution < 1.29 is 14.3 Å². The average Bonchev–Trinajstić information content (AvgIpc) is 2.96. The van der Waals surface area contributed by atoms with Crippen molar-refractivity contribution in [3.05, 3.63) is 70.4 Å². The molecule has 0 unspecified atom stereocenters. The van der Waals surface area contributed by atoms with Gasteiger partial charge in [-0.15, -0.1) is 0 Å². The zero-order chi connectivity index (χ0) is 21.7. The second kappa shape index (κ2) is 9.92. The third kappa shape index (κ3) is 5.10. The number of imide groups is 1. The minimum Gasteiger partial charge on any atom is -0.379 e. The monoisotopic (exact) mass is 426 g/mol. The van der Waals surface area contributed by atoms with Gasteiger partial charge in [-0.3, -0.25) is 14.5 Å². The zero-order valence-corrected chi connectivity index (χ0v) is 18.3. The van der Waals surface area contributed by atoms with Crippen LogP contribution in [-0.4, -0.2) is 36.0 Å². The molecule has 1 N–H and O–H groups in total. The number of anilines is 1. The maximum Gasteiger partial charge on any atom is 0.278 e. The van der Waals surface area contributed by atoms with E-state index in [0.717, 1.165) is 12.1 Å². The molecule has 2 aromatic carbocycles. The molecular formula is C24H27ClN2O3. The van der Waals surface area contributed by atoms with Crippen LogP contribution in [0.5, 0.6) is 0 Å². The molecule has 2 aromatic rings. The van der Waals surface area contributed by atoms with Crippen molar-refractivity contribution in [2.24, 2.45) is 0 Å². The number of carbonyl (C=O) groups is 2. The standard InChI is InChI=1S/C24H27ClN2O3/c1-4-17-6-12-20(13-7-17)26-22-21(18-8-10-19(25)11-9-18)23(28)27(24(22)29)14-5-15-30-16(2)3/h6-13,16,26H,4-5,14-15H2,1-3H3. The second-order valence-corrected chi connectivity index (χ2v) is 7.90. The van der Waals surface area contributed by atoms with E-state index < -0.39 is 0 Å². The third-order valence-corrected chi connectivity index (χ3v) is 5.16. The molecular weight excluding hydrogens is 400 g/mol. The number of amides is 2. The van der Waals surface area contributed by atoms with Crippen LogP contribution in [0.3, 0.4) is 0 Å². The van der Waals surface area contributed by atoms with Crippen LogP contribution < -0.4 is 5.32 Å².